The zero-order chi connectivity index (χ0) is 19.7. The summed E-state index contributed by atoms with van der Waals surface area (Å²) in [5, 5.41) is 21.6. The van der Waals surface area contributed by atoms with E-state index in [0.717, 1.165) is 11.1 Å². The molecule has 2 N–H and O–H groups in total. The monoisotopic (exact) mass is 396 g/mol. The van der Waals surface area contributed by atoms with E-state index in [2.05, 4.69) is 0 Å². The third-order valence-corrected chi connectivity index (χ3v) is 5.42. The SMILES string of the molecule is COc1cc(-c2ccccc2B(O)OC(C)(C)C(C)(C)O)cc(Cl)c1Cl. The first-order valence-electron chi connectivity index (χ1n) is 8.18. The van der Waals surface area contributed by atoms with E-state index in [0.29, 0.717) is 21.3 Å². The van der Waals surface area contributed by atoms with Crippen molar-refractivity contribution >= 4 is 35.8 Å². The molecular formula is C19H23BCl2O4. The van der Waals surface area contributed by atoms with Crippen LogP contribution in [-0.4, -0.2) is 35.6 Å². The minimum Gasteiger partial charge on any atom is -0.495 e. The van der Waals surface area contributed by atoms with Crippen LogP contribution in [0.4, 0.5) is 0 Å². The normalized spacial score (nSPS) is 12.2. The van der Waals surface area contributed by atoms with Gasteiger partial charge < -0.3 is 19.5 Å². The van der Waals surface area contributed by atoms with Crippen molar-refractivity contribution in [2.75, 3.05) is 7.11 Å². The van der Waals surface area contributed by atoms with Gasteiger partial charge in [0.15, 0.2) is 0 Å². The van der Waals surface area contributed by atoms with Gasteiger partial charge in [-0.05, 0) is 56.4 Å². The van der Waals surface area contributed by atoms with Gasteiger partial charge in [-0.3, -0.25) is 0 Å². The molecule has 7 heteroatoms. The van der Waals surface area contributed by atoms with Gasteiger partial charge in [0.2, 0.25) is 0 Å². The van der Waals surface area contributed by atoms with Gasteiger partial charge in [0.05, 0.1) is 23.3 Å². The molecule has 0 bridgehead atoms. The highest BCUT2D eigenvalue weighted by atomic mass is 35.5. The first-order chi connectivity index (χ1) is 12.0. The van der Waals surface area contributed by atoms with Gasteiger partial charge in [0.1, 0.15) is 10.8 Å². The lowest BCUT2D eigenvalue weighted by Crippen LogP contribution is -2.53. The summed E-state index contributed by atoms with van der Waals surface area (Å²) in [6, 6.07) is 10.7. The van der Waals surface area contributed by atoms with Crippen LogP contribution >= 0.6 is 23.2 Å². The van der Waals surface area contributed by atoms with Crippen molar-refractivity contribution in [1.29, 1.82) is 0 Å². The summed E-state index contributed by atoms with van der Waals surface area (Å²) in [7, 11) is 0.268. The standard InChI is InChI=1S/C19H23BCl2O4/c1-18(2,23)19(3,4)26-20(24)14-9-7-6-8-13(14)12-10-15(21)17(22)16(11-12)25-5/h6-11,23-24H,1-5H3. The Morgan fingerprint density at radius 2 is 1.65 bits per heavy atom. The highest BCUT2D eigenvalue weighted by Gasteiger charge is 2.40. The lowest BCUT2D eigenvalue weighted by atomic mass is 9.73. The van der Waals surface area contributed by atoms with Crippen molar-refractivity contribution < 1.29 is 19.5 Å². The molecular weight excluding hydrogens is 374 g/mol. The Bertz CT molecular complexity index is 788. The van der Waals surface area contributed by atoms with Crippen LogP contribution in [0.15, 0.2) is 36.4 Å². The van der Waals surface area contributed by atoms with E-state index in [1.165, 1.54) is 7.11 Å². The van der Waals surface area contributed by atoms with Gasteiger partial charge in [0, 0.05) is 0 Å². The Morgan fingerprint density at radius 3 is 2.23 bits per heavy atom. The molecule has 0 fully saturated rings. The molecule has 140 valence electrons. The van der Waals surface area contributed by atoms with Gasteiger partial charge in [-0.1, -0.05) is 47.5 Å². The van der Waals surface area contributed by atoms with E-state index in [9.17, 15) is 10.1 Å². The molecule has 0 radical (unpaired) electrons. The maximum atomic E-state index is 10.7. The summed E-state index contributed by atoms with van der Waals surface area (Å²) < 4.78 is 11.0. The predicted molar refractivity (Wildman–Crippen MR) is 108 cm³/mol. The summed E-state index contributed by atoms with van der Waals surface area (Å²) >= 11 is 12.3. The second-order valence-electron chi connectivity index (χ2n) is 7.10. The number of aliphatic hydroxyl groups is 1. The molecule has 2 aromatic rings. The van der Waals surface area contributed by atoms with Crippen LogP contribution in [0.1, 0.15) is 27.7 Å². The van der Waals surface area contributed by atoms with Crippen LogP contribution in [0, 0.1) is 0 Å². The first-order valence-corrected chi connectivity index (χ1v) is 8.94. The van der Waals surface area contributed by atoms with Crippen LogP contribution in [0.2, 0.25) is 10.0 Å². The van der Waals surface area contributed by atoms with Crippen LogP contribution in [-0.2, 0) is 4.65 Å². The smallest absolute Gasteiger partial charge is 0.492 e. The van der Waals surface area contributed by atoms with Crippen molar-refractivity contribution in [3.05, 3.63) is 46.4 Å². The molecule has 0 unspecified atom stereocenters. The number of hydrogen-bond donors (Lipinski definition) is 2. The Kier molecular flexibility index (Phi) is 6.31. The quantitative estimate of drug-likeness (QED) is 0.726. The second kappa shape index (κ2) is 7.79. The molecule has 0 aliphatic heterocycles. The molecule has 2 aromatic carbocycles. The highest BCUT2D eigenvalue weighted by molar-refractivity contribution is 6.62. The molecule has 4 nitrogen and oxygen atoms in total. The molecule has 0 aliphatic rings. The average Bonchev–Trinajstić information content (AvgIpc) is 2.55. The van der Waals surface area contributed by atoms with Crippen LogP contribution < -0.4 is 10.2 Å². The van der Waals surface area contributed by atoms with E-state index in [1.54, 1.807) is 52.0 Å². The Hall–Kier alpha value is -1.24. The third kappa shape index (κ3) is 4.35. The molecule has 2 rings (SSSR count). The van der Waals surface area contributed by atoms with E-state index in [1.807, 2.05) is 12.1 Å². The average molecular weight is 397 g/mol. The van der Waals surface area contributed by atoms with Crippen LogP contribution in [0.3, 0.4) is 0 Å². The fourth-order valence-corrected chi connectivity index (χ4v) is 2.73. The summed E-state index contributed by atoms with van der Waals surface area (Å²) in [5.74, 6) is 0.441. The molecule has 0 aromatic heterocycles. The van der Waals surface area contributed by atoms with Crippen molar-refractivity contribution in [3.63, 3.8) is 0 Å². The van der Waals surface area contributed by atoms with Gasteiger partial charge >= 0.3 is 7.12 Å². The molecule has 0 saturated heterocycles. The fourth-order valence-electron chi connectivity index (χ4n) is 2.33. The molecule has 0 atom stereocenters. The Labute approximate surface area is 164 Å². The van der Waals surface area contributed by atoms with E-state index < -0.39 is 18.3 Å². The summed E-state index contributed by atoms with van der Waals surface area (Å²) in [6.07, 6.45) is 0. The number of rotatable bonds is 6. The summed E-state index contributed by atoms with van der Waals surface area (Å²) in [5.41, 5.74) is -0.117. The maximum absolute atomic E-state index is 10.7. The minimum atomic E-state index is -1.24. The van der Waals surface area contributed by atoms with Crippen molar-refractivity contribution in [2.24, 2.45) is 0 Å². The molecule has 0 heterocycles. The first kappa shape index (κ1) is 21.1. The molecule has 0 spiro atoms. The Balaban J connectivity index is 2.48. The zero-order valence-corrected chi connectivity index (χ0v) is 17.0. The molecule has 0 amide bonds. The molecule has 0 saturated carbocycles. The number of hydrogen-bond acceptors (Lipinski definition) is 4. The fraction of sp³-hybridized carbons (Fsp3) is 0.368. The number of halogens is 2. The lowest BCUT2D eigenvalue weighted by molar-refractivity contribution is -0.0982. The summed E-state index contributed by atoms with van der Waals surface area (Å²) in [6.45, 7) is 6.72. The zero-order valence-electron chi connectivity index (χ0n) is 15.5. The minimum absolute atomic E-state index is 0.329. The third-order valence-electron chi connectivity index (χ3n) is 4.63. The number of benzene rings is 2. The van der Waals surface area contributed by atoms with Crippen molar-refractivity contribution in [3.8, 4) is 16.9 Å². The van der Waals surface area contributed by atoms with Gasteiger partial charge in [-0.2, -0.15) is 0 Å². The largest absolute Gasteiger partial charge is 0.495 e. The summed E-state index contributed by atoms with van der Waals surface area (Å²) in [4.78, 5) is 0. The van der Waals surface area contributed by atoms with E-state index in [4.69, 9.17) is 32.6 Å². The van der Waals surface area contributed by atoms with Crippen LogP contribution in [0.5, 0.6) is 5.75 Å². The molecule has 0 aliphatic carbocycles. The van der Waals surface area contributed by atoms with Crippen molar-refractivity contribution in [1.82, 2.24) is 0 Å². The van der Waals surface area contributed by atoms with Crippen molar-refractivity contribution in [2.45, 2.75) is 38.9 Å². The van der Waals surface area contributed by atoms with Gasteiger partial charge in [-0.15, -0.1) is 0 Å². The van der Waals surface area contributed by atoms with Crippen LogP contribution in [0.25, 0.3) is 11.1 Å². The second-order valence-corrected chi connectivity index (χ2v) is 7.89. The Morgan fingerprint density at radius 1 is 1.04 bits per heavy atom. The maximum Gasteiger partial charge on any atom is 0.492 e. The lowest BCUT2D eigenvalue weighted by Gasteiger charge is -2.38. The van der Waals surface area contributed by atoms with Gasteiger partial charge in [-0.25, -0.2) is 0 Å². The van der Waals surface area contributed by atoms with E-state index >= 15 is 0 Å². The van der Waals surface area contributed by atoms with E-state index in [-0.39, 0.29) is 0 Å². The number of methoxy groups -OCH3 is 1. The van der Waals surface area contributed by atoms with Gasteiger partial charge in [0.25, 0.3) is 0 Å². The topological polar surface area (TPSA) is 58.9 Å². The highest BCUT2D eigenvalue weighted by Crippen LogP contribution is 2.36. The predicted octanol–water partition coefficient (Wildman–Crippen LogP) is 3.92. The number of ether oxygens (including phenoxy) is 1. The molecule has 26 heavy (non-hydrogen) atoms.